The van der Waals surface area contributed by atoms with Gasteiger partial charge in [0, 0.05) is 0 Å². The van der Waals surface area contributed by atoms with Crippen molar-refractivity contribution >= 4 is 0 Å². The van der Waals surface area contributed by atoms with Crippen molar-refractivity contribution in [3.63, 3.8) is 0 Å². The van der Waals surface area contributed by atoms with E-state index in [-0.39, 0.29) is 22.8 Å². The van der Waals surface area contributed by atoms with E-state index >= 15 is 4.39 Å². The molecule has 0 heterocycles. The molecule has 0 saturated heterocycles. The Morgan fingerprint density at radius 1 is 1.12 bits per heavy atom. The van der Waals surface area contributed by atoms with E-state index in [2.05, 4.69) is 19.9 Å². The first-order valence-corrected chi connectivity index (χ1v) is 10.6. The lowest BCUT2D eigenvalue weighted by Crippen LogP contribution is -2.49. The van der Waals surface area contributed by atoms with Crippen LogP contribution in [-0.4, -0.2) is 21.9 Å². The highest BCUT2D eigenvalue weighted by atomic mass is 19.1. The van der Waals surface area contributed by atoms with E-state index in [9.17, 15) is 10.2 Å². The van der Waals surface area contributed by atoms with Gasteiger partial charge >= 0.3 is 0 Å². The highest BCUT2D eigenvalue weighted by Gasteiger charge is 2.58. The SMILES string of the molecule is CC(C)(O)C(F)=C1CC[C@H]2[C@@H]3CC=C4C[C@@H](O)CC[C@]4(C)[C@H]3CC[C@]12C. The number of allylic oxidation sites excluding steroid dienone is 2. The minimum absolute atomic E-state index is 0.0961. The number of rotatable bonds is 1. The van der Waals surface area contributed by atoms with Gasteiger partial charge in [-0.15, -0.1) is 0 Å². The number of aliphatic hydroxyl groups excluding tert-OH is 1. The number of halogens is 1. The van der Waals surface area contributed by atoms with Crippen molar-refractivity contribution in [2.24, 2.45) is 28.6 Å². The van der Waals surface area contributed by atoms with Crippen molar-refractivity contribution in [1.29, 1.82) is 0 Å². The fraction of sp³-hybridized carbons (Fsp3) is 0.826. The molecule has 146 valence electrons. The quantitative estimate of drug-likeness (QED) is 0.621. The maximum Gasteiger partial charge on any atom is 0.131 e. The third-order valence-electron chi connectivity index (χ3n) is 8.66. The maximum absolute atomic E-state index is 15.0. The summed E-state index contributed by atoms with van der Waals surface area (Å²) in [4.78, 5) is 0. The van der Waals surface area contributed by atoms with Crippen molar-refractivity contribution in [2.45, 2.75) is 90.8 Å². The van der Waals surface area contributed by atoms with Crippen LogP contribution in [0.4, 0.5) is 4.39 Å². The smallest absolute Gasteiger partial charge is 0.131 e. The van der Waals surface area contributed by atoms with E-state index in [0.29, 0.717) is 17.8 Å². The molecule has 2 N–H and O–H groups in total. The number of hydrogen-bond donors (Lipinski definition) is 2. The zero-order valence-corrected chi connectivity index (χ0v) is 16.8. The first-order valence-electron chi connectivity index (χ1n) is 10.6. The molecular weight excluding hydrogens is 327 g/mol. The predicted molar refractivity (Wildman–Crippen MR) is 102 cm³/mol. The van der Waals surface area contributed by atoms with Gasteiger partial charge in [0.25, 0.3) is 0 Å². The van der Waals surface area contributed by atoms with Gasteiger partial charge in [0.05, 0.1) is 6.10 Å². The molecule has 0 aliphatic heterocycles. The monoisotopic (exact) mass is 362 g/mol. The number of fused-ring (bicyclic) bond motifs is 5. The van der Waals surface area contributed by atoms with Crippen molar-refractivity contribution in [3.8, 4) is 0 Å². The Balaban J connectivity index is 1.68. The summed E-state index contributed by atoms with van der Waals surface area (Å²) >= 11 is 0. The molecule has 4 rings (SSSR count). The van der Waals surface area contributed by atoms with Crippen molar-refractivity contribution in [3.05, 3.63) is 23.0 Å². The Morgan fingerprint density at radius 3 is 2.46 bits per heavy atom. The van der Waals surface area contributed by atoms with E-state index < -0.39 is 5.60 Å². The van der Waals surface area contributed by atoms with Crippen LogP contribution in [-0.2, 0) is 0 Å². The molecule has 0 aromatic rings. The summed E-state index contributed by atoms with van der Waals surface area (Å²) in [7, 11) is 0. The molecular formula is C23H35FO2. The average molecular weight is 363 g/mol. The van der Waals surface area contributed by atoms with Gasteiger partial charge in [-0.25, -0.2) is 4.39 Å². The lowest BCUT2D eigenvalue weighted by Gasteiger charge is -2.57. The molecule has 0 aromatic carbocycles. The third-order valence-corrected chi connectivity index (χ3v) is 8.66. The third kappa shape index (κ3) is 2.57. The maximum atomic E-state index is 15.0. The molecule has 0 radical (unpaired) electrons. The zero-order valence-electron chi connectivity index (χ0n) is 16.8. The minimum Gasteiger partial charge on any atom is -0.393 e. The van der Waals surface area contributed by atoms with Crippen LogP contribution in [0.15, 0.2) is 23.0 Å². The highest BCUT2D eigenvalue weighted by Crippen LogP contribution is 2.66. The van der Waals surface area contributed by atoms with Crippen LogP contribution < -0.4 is 0 Å². The van der Waals surface area contributed by atoms with E-state index in [1.807, 2.05) is 0 Å². The summed E-state index contributed by atoms with van der Waals surface area (Å²) in [5.74, 6) is 1.52. The summed E-state index contributed by atoms with van der Waals surface area (Å²) in [6.45, 7) is 7.82. The molecule has 4 aliphatic carbocycles. The standard InChI is InChI=1S/C23H35FO2/c1-21(2,26)20(24)19-8-7-17-16-6-5-14-13-15(25)9-11-22(14,3)18(16)10-12-23(17,19)4/h5,15-18,25-26H,6-13H2,1-4H3/t15-,16-,17-,18-,22-,23-/m0/s1. The lowest BCUT2D eigenvalue weighted by molar-refractivity contribution is -0.0283. The second-order valence-corrected chi connectivity index (χ2v) is 10.5. The Morgan fingerprint density at radius 2 is 1.77 bits per heavy atom. The first kappa shape index (κ1) is 18.7. The molecule has 2 nitrogen and oxygen atoms in total. The van der Waals surface area contributed by atoms with Crippen LogP contribution in [0.5, 0.6) is 0 Å². The number of aliphatic hydroxyl groups is 2. The van der Waals surface area contributed by atoms with Gasteiger partial charge < -0.3 is 10.2 Å². The zero-order chi connectivity index (χ0) is 18.9. The lowest BCUT2D eigenvalue weighted by atomic mass is 9.47. The van der Waals surface area contributed by atoms with Crippen molar-refractivity contribution in [2.75, 3.05) is 0 Å². The van der Waals surface area contributed by atoms with Gasteiger partial charge in [0.1, 0.15) is 11.4 Å². The van der Waals surface area contributed by atoms with Crippen LogP contribution in [0.1, 0.15) is 79.1 Å². The van der Waals surface area contributed by atoms with Crippen LogP contribution >= 0.6 is 0 Å². The Hall–Kier alpha value is -0.670. The molecule has 0 spiro atoms. The Labute approximate surface area is 157 Å². The summed E-state index contributed by atoms with van der Waals surface area (Å²) in [5, 5.41) is 20.3. The molecule has 3 saturated carbocycles. The number of hydrogen-bond acceptors (Lipinski definition) is 2. The molecule has 3 fully saturated rings. The fourth-order valence-electron chi connectivity index (χ4n) is 7.18. The largest absolute Gasteiger partial charge is 0.393 e. The summed E-state index contributed by atoms with van der Waals surface area (Å²) in [5.41, 5.74) is 1.14. The highest BCUT2D eigenvalue weighted by molar-refractivity contribution is 5.32. The molecule has 0 amide bonds. The van der Waals surface area contributed by atoms with Gasteiger partial charge in [0.2, 0.25) is 0 Å². The molecule has 26 heavy (non-hydrogen) atoms. The van der Waals surface area contributed by atoms with E-state index in [4.69, 9.17) is 0 Å². The van der Waals surface area contributed by atoms with Gasteiger partial charge in [0.15, 0.2) is 0 Å². The summed E-state index contributed by atoms with van der Waals surface area (Å²) < 4.78 is 15.0. The van der Waals surface area contributed by atoms with Gasteiger partial charge in [-0.2, -0.15) is 0 Å². The topological polar surface area (TPSA) is 40.5 Å². The van der Waals surface area contributed by atoms with Gasteiger partial charge in [-0.05, 0) is 99.4 Å². The van der Waals surface area contributed by atoms with E-state index in [1.54, 1.807) is 13.8 Å². The predicted octanol–water partition coefficient (Wildman–Crippen LogP) is 5.30. The van der Waals surface area contributed by atoms with Gasteiger partial charge in [-0.3, -0.25) is 0 Å². The summed E-state index contributed by atoms with van der Waals surface area (Å²) in [6.07, 6.45) is 10.2. The van der Waals surface area contributed by atoms with Crippen LogP contribution in [0.25, 0.3) is 0 Å². The second-order valence-electron chi connectivity index (χ2n) is 10.5. The molecule has 0 aromatic heterocycles. The molecule has 6 atom stereocenters. The first-order chi connectivity index (χ1) is 12.1. The Kier molecular flexibility index (Phi) is 4.25. The van der Waals surface area contributed by atoms with Crippen molar-refractivity contribution in [1.82, 2.24) is 0 Å². The molecule has 0 bridgehead atoms. The van der Waals surface area contributed by atoms with Crippen LogP contribution in [0.3, 0.4) is 0 Å². The minimum atomic E-state index is -1.37. The average Bonchev–Trinajstić information content (AvgIpc) is 2.91. The second kappa shape index (κ2) is 5.91. The normalized spacial score (nSPS) is 47.6. The van der Waals surface area contributed by atoms with E-state index in [1.165, 1.54) is 5.57 Å². The van der Waals surface area contributed by atoms with E-state index in [0.717, 1.165) is 56.9 Å². The Bertz CT molecular complexity index is 658. The van der Waals surface area contributed by atoms with Crippen molar-refractivity contribution < 1.29 is 14.6 Å². The van der Waals surface area contributed by atoms with Crippen LogP contribution in [0, 0.1) is 28.6 Å². The molecule has 3 heteroatoms. The fourth-order valence-corrected chi connectivity index (χ4v) is 7.18. The van der Waals surface area contributed by atoms with Gasteiger partial charge in [-0.1, -0.05) is 25.5 Å². The molecule has 0 unspecified atom stereocenters. The molecule has 4 aliphatic rings. The summed E-state index contributed by atoms with van der Waals surface area (Å²) in [6, 6.07) is 0. The van der Waals surface area contributed by atoms with Crippen LogP contribution in [0.2, 0.25) is 0 Å².